The fraction of sp³-hybridized carbons (Fsp3) is 0.182. The largest absolute Gasteiger partial charge is 0.495 e. The second-order valence-corrected chi connectivity index (χ2v) is 7.28. The number of aromatic nitrogens is 2. The molecule has 0 unspecified atom stereocenters. The summed E-state index contributed by atoms with van der Waals surface area (Å²) in [6, 6.07) is 3.19. The average Bonchev–Trinajstić information content (AvgIpc) is 2.91. The Kier molecular flexibility index (Phi) is 4.91. The maximum absolute atomic E-state index is 12.3. The van der Waals surface area contributed by atoms with Crippen molar-refractivity contribution in [2.75, 3.05) is 11.8 Å². The van der Waals surface area contributed by atoms with Gasteiger partial charge in [-0.2, -0.15) is 13.5 Å². The first kappa shape index (κ1) is 16.3. The number of benzene rings is 1. The van der Waals surface area contributed by atoms with E-state index in [1.807, 2.05) is 0 Å². The highest BCUT2D eigenvalue weighted by Gasteiger charge is 2.22. The molecule has 7 nitrogen and oxygen atoms in total. The van der Waals surface area contributed by atoms with Crippen molar-refractivity contribution in [3.63, 3.8) is 0 Å². The fourth-order valence-corrected chi connectivity index (χ4v) is 4.19. The minimum Gasteiger partial charge on any atom is -0.495 e. The molecule has 1 aromatic heterocycles. The maximum atomic E-state index is 12.3. The van der Waals surface area contributed by atoms with E-state index >= 15 is 0 Å². The zero-order valence-electron chi connectivity index (χ0n) is 10.7. The van der Waals surface area contributed by atoms with E-state index in [4.69, 9.17) is 9.84 Å². The zero-order valence-corrected chi connectivity index (χ0v) is 14.7. The van der Waals surface area contributed by atoms with Gasteiger partial charge in [0.15, 0.2) is 5.03 Å². The van der Waals surface area contributed by atoms with E-state index in [2.05, 4.69) is 46.8 Å². The van der Waals surface area contributed by atoms with Crippen molar-refractivity contribution >= 4 is 47.6 Å². The Balaban J connectivity index is 2.42. The number of aliphatic hydroxyl groups excluding tert-OH is 1. The SMILES string of the molecule is COc1cc(NS(=O)(=O)c2[nH]ncc2CO)c(Br)cc1Br. The van der Waals surface area contributed by atoms with Gasteiger partial charge < -0.3 is 9.84 Å². The predicted molar refractivity (Wildman–Crippen MR) is 83.7 cm³/mol. The summed E-state index contributed by atoms with van der Waals surface area (Å²) in [5.74, 6) is 0.475. The lowest BCUT2D eigenvalue weighted by Gasteiger charge is -2.12. The van der Waals surface area contributed by atoms with Gasteiger partial charge in [0.2, 0.25) is 0 Å². The summed E-state index contributed by atoms with van der Waals surface area (Å²) in [7, 11) is -2.42. The molecule has 0 spiro atoms. The van der Waals surface area contributed by atoms with Crippen molar-refractivity contribution in [1.82, 2.24) is 10.2 Å². The number of halogens is 2. The number of sulfonamides is 1. The molecule has 1 aromatic carbocycles. The molecular formula is C11H11Br2N3O4S. The lowest BCUT2D eigenvalue weighted by molar-refractivity contribution is 0.278. The molecule has 0 aliphatic carbocycles. The molecule has 21 heavy (non-hydrogen) atoms. The molecule has 114 valence electrons. The first-order valence-electron chi connectivity index (χ1n) is 5.58. The molecule has 1 heterocycles. The quantitative estimate of drug-likeness (QED) is 0.661. The van der Waals surface area contributed by atoms with E-state index in [0.717, 1.165) is 0 Å². The Morgan fingerprint density at radius 3 is 2.71 bits per heavy atom. The van der Waals surface area contributed by atoms with Crippen molar-refractivity contribution < 1.29 is 18.3 Å². The van der Waals surface area contributed by atoms with Crippen LogP contribution in [0, 0.1) is 0 Å². The molecule has 2 rings (SSSR count). The predicted octanol–water partition coefficient (Wildman–Crippen LogP) is 2.24. The third-order valence-corrected chi connectivity index (χ3v) is 5.26. The van der Waals surface area contributed by atoms with Gasteiger partial charge >= 0.3 is 0 Å². The van der Waals surface area contributed by atoms with Gasteiger partial charge in [-0.15, -0.1) is 0 Å². The molecule has 0 saturated heterocycles. The summed E-state index contributed by atoms with van der Waals surface area (Å²) in [6.07, 6.45) is 1.26. The lowest BCUT2D eigenvalue weighted by Crippen LogP contribution is -2.15. The number of aromatic amines is 1. The lowest BCUT2D eigenvalue weighted by atomic mass is 10.3. The minimum absolute atomic E-state index is 0.182. The second-order valence-electron chi connectivity index (χ2n) is 3.95. The van der Waals surface area contributed by atoms with Gasteiger partial charge in [-0.05, 0) is 37.9 Å². The summed E-state index contributed by atoms with van der Waals surface area (Å²) in [4.78, 5) is 0. The van der Waals surface area contributed by atoms with E-state index in [0.29, 0.717) is 20.4 Å². The van der Waals surface area contributed by atoms with Gasteiger partial charge in [-0.3, -0.25) is 9.82 Å². The number of nitrogens with one attached hydrogen (secondary N) is 2. The van der Waals surface area contributed by atoms with Crippen LogP contribution < -0.4 is 9.46 Å². The Morgan fingerprint density at radius 1 is 1.38 bits per heavy atom. The summed E-state index contributed by atoms with van der Waals surface area (Å²) in [5.41, 5.74) is 0.483. The first-order chi connectivity index (χ1) is 9.89. The molecule has 0 atom stereocenters. The molecule has 0 fully saturated rings. The molecule has 0 amide bonds. The number of H-pyrrole nitrogens is 1. The number of nitrogens with zero attached hydrogens (tertiary/aromatic N) is 1. The van der Waals surface area contributed by atoms with E-state index in [9.17, 15) is 8.42 Å². The summed E-state index contributed by atoms with van der Waals surface area (Å²) < 4.78 is 33.4. The van der Waals surface area contributed by atoms with Crippen molar-refractivity contribution in [3.05, 3.63) is 32.8 Å². The first-order valence-corrected chi connectivity index (χ1v) is 8.65. The number of hydrogen-bond donors (Lipinski definition) is 3. The van der Waals surface area contributed by atoms with Crippen molar-refractivity contribution in [2.45, 2.75) is 11.6 Å². The van der Waals surface area contributed by atoms with Crippen LogP contribution in [0.4, 0.5) is 5.69 Å². The number of anilines is 1. The van der Waals surface area contributed by atoms with E-state index in [-0.39, 0.29) is 10.6 Å². The molecule has 0 bridgehead atoms. The van der Waals surface area contributed by atoms with Crippen LogP contribution >= 0.6 is 31.9 Å². The van der Waals surface area contributed by atoms with Gasteiger partial charge in [0.1, 0.15) is 5.75 Å². The summed E-state index contributed by atoms with van der Waals surface area (Å²) >= 11 is 6.58. The number of methoxy groups -OCH3 is 1. The third kappa shape index (κ3) is 3.39. The topological polar surface area (TPSA) is 104 Å². The third-order valence-electron chi connectivity index (χ3n) is 2.60. The highest BCUT2D eigenvalue weighted by molar-refractivity contribution is 9.11. The normalized spacial score (nSPS) is 11.4. The Hall–Kier alpha value is -1.10. The molecule has 0 aliphatic heterocycles. The monoisotopic (exact) mass is 439 g/mol. The van der Waals surface area contributed by atoms with Crippen LogP contribution in [0.3, 0.4) is 0 Å². The second kappa shape index (κ2) is 6.34. The Labute approximate surface area is 138 Å². The van der Waals surface area contributed by atoms with Gasteiger partial charge in [-0.25, -0.2) is 0 Å². The van der Waals surface area contributed by atoms with Gasteiger partial charge in [0, 0.05) is 16.1 Å². The van der Waals surface area contributed by atoms with Gasteiger partial charge in [0.25, 0.3) is 10.0 Å². The van der Waals surface area contributed by atoms with Crippen molar-refractivity contribution in [3.8, 4) is 5.75 Å². The number of rotatable bonds is 5. The molecule has 2 aromatic rings. The molecule has 0 aliphatic rings. The smallest absolute Gasteiger partial charge is 0.279 e. The van der Waals surface area contributed by atoms with E-state index in [1.165, 1.54) is 19.4 Å². The van der Waals surface area contributed by atoms with Crippen molar-refractivity contribution in [2.24, 2.45) is 0 Å². The van der Waals surface area contributed by atoms with E-state index in [1.54, 1.807) is 6.07 Å². The standard InChI is InChI=1S/C11H11Br2N3O4S/c1-20-10-3-9(7(12)2-8(10)13)16-21(18,19)11-6(5-17)4-14-15-11/h2-4,16-17H,5H2,1H3,(H,14,15). The summed E-state index contributed by atoms with van der Waals surface area (Å²) in [5, 5.41) is 14.9. The molecule has 3 N–H and O–H groups in total. The van der Waals surface area contributed by atoms with Crippen LogP contribution in [-0.4, -0.2) is 30.8 Å². The van der Waals surface area contributed by atoms with Crippen LogP contribution in [0.25, 0.3) is 0 Å². The average molecular weight is 441 g/mol. The van der Waals surface area contributed by atoms with Gasteiger partial charge in [0.05, 0.1) is 30.1 Å². The fourth-order valence-electron chi connectivity index (χ4n) is 1.60. The Morgan fingerprint density at radius 2 is 2.10 bits per heavy atom. The molecule has 0 saturated carbocycles. The number of aliphatic hydroxyl groups is 1. The van der Waals surface area contributed by atoms with E-state index < -0.39 is 16.6 Å². The molecule has 10 heteroatoms. The highest BCUT2D eigenvalue weighted by atomic mass is 79.9. The van der Waals surface area contributed by atoms with Gasteiger partial charge in [-0.1, -0.05) is 0 Å². The van der Waals surface area contributed by atoms with Crippen LogP contribution in [0.15, 0.2) is 32.3 Å². The van der Waals surface area contributed by atoms with Crippen molar-refractivity contribution in [1.29, 1.82) is 0 Å². The Bertz CT molecular complexity index is 761. The molecule has 0 radical (unpaired) electrons. The highest BCUT2D eigenvalue weighted by Crippen LogP contribution is 2.35. The van der Waals surface area contributed by atoms with Crippen LogP contribution in [0.1, 0.15) is 5.56 Å². The maximum Gasteiger partial charge on any atom is 0.279 e. The van der Waals surface area contributed by atoms with Crippen LogP contribution in [-0.2, 0) is 16.6 Å². The molecular weight excluding hydrogens is 430 g/mol. The number of ether oxygens (including phenoxy) is 1. The zero-order chi connectivity index (χ0) is 15.6. The summed E-state index contributed by atoms with van der Waals surface area (Å²) in [6.45, 7) is -0.433. The minimum atomic E-state index is -3.90. The van der Waals surface area contributed by atoms with Crippen LogP contribution in [0.2, 0.25) is 0 Å². The van der Waals surface area contributed by atoms with Crippen LogP contribution in [0.5, 0.6) is 5.75 Å². The number of hydrogen-bond acceptors (Lipinski definition) is 5.